The minimum atomic E-state index is -0.513. The summed E-state index contributed by atoms with van der Waals surface area (Å²) in [6.07, 6.45) is -1.03. The molecule has 0 unspecified atom stereocenters. The molecular weight excluding hydrogens is 268 g/mol. The lowest BCUT2D eigenvalue weighted by Crippen LogP contribution is -2.10. The Balaban J connectivity index is 0.000000364. The van der Waals surface area contributed by atoms with Crippen molar-refractivity contribution < 1.29 is 15.7 Å². The van der Waals surface area contributed by atoms with Crippen LogP contribution in [0.5, 0.6) is 0 Å². The first-order valence-electron chi connectivity index (χ1n) is 6.55. The van der Waals surface area contributed by atoms with Gasteiger partial charge in [-0.25, -0.2) is 0 Å². The Labute approximate surface area is 125 Å². The van der Waals surface area contributed by atoms with Crippen LogP contribution in [0, 0.1) is 0 Å². The van der Waals surface area contributed by atoms with Gasteiger partial charge in [0.1, 0.15) is 0 Å². The van der Waals surface area contributed by atoms with E-state index in [0.717, 1.165) is 11.1 Å². The molecule has 0 saturated carbocycles. The number of benzene rings is 2. The summed E-state index contributed by atoms with van der Waals surface area (Å²) in [5.74, 6) is 0. The zero-order valence-corrected chi connectivity index (χ0v) is 11.9. The van der Waals surface area contributed by atoms with Crippen LogP contribution in [0.15, 0.2) is 60.7 Å². The van der Waals surface area contributed by atoms with Gasteiger partial charge in [-0.15, -0.1) is 0 Å². The number of aliphatic hydroxyl groups is 2. The molecule has 0 fully saturated rings. The van der Waals surface area contributed by atoms with E-state index in [2.05, 4.69) is 0 Å². The third kappa shape index (κ3) is 6.99. The minimum Gasteiger partial charge on any atom is -0.412 e. The summed E-state index contributed by atoms with van der Waals surface area (Å²) >= 11 is 0. The highest BCUT2D eigenvalue weighted by Crippen LogP contribution is 2.09. The molecule has 0 aromatic heterocycles. The van der Waals surface area contributed by atoms with Crippen LogP contribution in [0.3, 0.4) is 0 Å². The molecule has 116 valence electrons. The van der Waals surface area contributed by atoms with E-state index in [9.17, 15) is 10.2 Å². The fourth-order valence-electron chi connectivity index (χ4n) is 1.62. The van der Waals surface area contributed by atoms with E-state index < -0.39 is 12.2 Å². The SMILES string of the molecule is NC[C@H](O)c1ccccc1.NC[C@H](O)c1ccccc1.O. The van der Waals surface area contributed by atoms with E-state index in [-0.39, 0.29) is 18.6 Å². The molecule has 5 heteroatoms. The van der Waals surface area contributed by atoms with Crippen molar-refractivity contribution >= 4 is 0 Å². The van der Waals surface area contributed by atoms with E-state index in [1.165, 1.54) is 0 Å². The van der Waals surface area contributed by atoms with Crippen molar-refractivity contribution in [1.29, 1.82) is 0 Å². The van der Waals surface area contributed by atoms with Crippen molar-refractivity contribution in [2.24, 2.45) is 11.5 Å². The first-order valence-corrected chi connectivity index (χ1v) is 6.55. The molecule has 0 heterocycles. The average molecular weight is 292 g/mol. The van der Waals surface area contributed by atoms with Gasteiger partial charge in [-0.1, -0.05) is 60.7 Å². The highest BCUT2D eigenvalue weighted by Gasteiger charge is 2.01. The smallest absolute Gasteiger partial charge is 0.0912 e. The van der Waals surface area contributed by atoms with Gasteiger partial charge in [0.25, 0.3) is 0 Å². The molecule has 0 aliphatic rings. The van der Waals surface area contributed by atoms with Crippen LogP contribution >= 0.6 is 0 Å². The van der Waals surface area contributed by atoms with E-state index in [4.69, 9.17) is 11.5 Å². The van der Waals surface area contributed by atoms with Crippen LogP contribution in [0.2, 0.25) is 0 Å². The number of nitrogens with two attached hydrogens (primary N) is 2. The molecular formula is C16H24N2O3. The Morgan fingerprint density at radius 3 is 1.19 bits per heavy atom. The average Bonchev–Trinajstić information content (AvgIpc) is 2.55. The number of aliphatic hydroxyl groups excluding tert-OH is 2. The minimum absolute atomic E-state index is 0. The molecule has 2 aromatic rings. The Morgan fingerprint density at radius 2 is 0.952 bits per heavy atom. The Bertz CT molecular complexity index is 420. The molecule has 2 atom stereocenters. The zero-order valence-electron chi connectivity index (χ0n) is 11.9. The number of rotatable bonds is 4. The van der Waals surface area contributed by atoms with Crippen molar-refractivity contribution in [2.45, 2.75) is 12.2 Å². The van der Waals surface area contributed by atoms with Gasteiger partial charge >= 0.3 is 0 Å². The van der Waals surface area contributed by atoms with E-state index in [0.29, 0.717) is 0 Å². The van der Waals surface area contributed by atoms with Gasteiger partial charge in [-0.2, -0.15) is 0 Å². The Kier molecular flexibility index (Phi) is 10.0. The predicted octanol–water partition coefficient (Wildman–Crippen LogP) is 0.533. The highest BCUT2D eigenvalue weighted by molar-refractivity contribution is 5.17. The highest BCUT2D eigenvalue weighted by atomic mass is 16.3. The van der Waals surface area contributed by atoms with Crippen molar-refractivity contribution in [2.75, 3.05) is 13.1 Å². The van der Waals surface area contributed by atoms with Gasteiger partial charge in [0.05, 0.1) is 12.2 Å². The summed E-state index contributed by atoms with van der Waals surface area (Å²) in [7, 11) is 0. The maximum absolute atomic E-state index is 9.20. The Morgan fingerprint density at radius 1 is 0.667 bits per heavy atom. The van der Waals surface area contributed by atoms with E-state index in [1.54, 1.807) is 0 Å². The van der Waals surface area contributed by atoms with Gasteiger partial charge in [-0.05, 0) is 11.1 Å². The fraction of sp³-hybridized carbons (Fsp3) is 0.250. The molecule has 0 saturated heterocycles. The zero-order chi connectivity index (χ0) is 14.8. The molecule has 0 spiro atoms. The topological polar surface area (TPSA) is 124 Å². The van der Waals surface area contributed by atoms with Gasteiger partial charge in [0, 0.05) is 13.1 Å². The molecule has 0 aliphatic heterocycles. The largest absolute Gasteiger partial charge is 0.412 e. The summed E-state index contributed by atoms with van der Waals surface area (Å²) in [6.45, 7) is 0.564. The molecule has 2 rings (SSSR count). The molecule has 0 amide bonds. The van der Waals surface area contributed by atoms with Crippen LogP contribution in [0.4, 0.5) is 0 Å². The van der Waals surface area contributed by atoms with E-state index >= 15 is 0 Å². The lowest BCUT2D eigenvalue weighted by atomic mass is 10.1. The van der Waals surface area contributed by atoms with Crippen molar-refractivity contribution in [3.05, 3.63) is 71.8 Å². The van der Waals surface area contributed by atoms with Crippen LogP contribution in [0.25, 0.3) is 0 Å². The van der Waals surface area contributed by atoms with Crippen LogP contribution < -0.4 is 11.5 Å². The summed E-state index contributed by atoms with van der Waals surface area (Å²) in [5, 5.41) is 18.4. The van der Waals surface area contributed by atoms with Crippen molar-refractivity contribution in [3.8, 4) is 0 Å². The molecule has 21 heavy (non-hydrogen) atoms. The Hall–Kier alpha value is -1.76. The third-order valence-electron chi connectivity index (χ3n) is 2.82. The first kappa shape index (κ1) is 19.2. The summed E-state index contributed by atoms with van der Waals surface area (Å²) < 4.78 is 0. The second kappa shape index (κ2) is 11.0. The van der Waals surface area contributed by atoms with Crippen LogP contribution in [-0.4, -0.2) is 28.8 Å². The lowest BCUT2D eigenvalue weighted by Gasteiger charge is -2.05. The third-order valence-corrected chi connectivity index (χ3v) is 2.82. The molecule has 0 aliphatic carbocycles. The van der Waals surface area contributed by atoms with E-state index in [1.807, 2.05) is 60.7 Å². The summed E-state index contributed by atoms with van der Waals surface area (Å²) in [5.41, 5.74) is 12.3. The number of hydrogen-bond acceptors (Lipinski definition) is 4. The first-order chi connectivity index (χ1) is 9.69. The maximum atomic E-state index is 9.20. The van der Waals surface area contributed by atoms with Gasteiger partial charge < -0.3 is 27.2 Å². The lowest BCUT2D eigenvalue weighted by molar-refractivity contribution is 0.186. The summed E-state index contributed by atoms with van der Waals surface area (Å²) in [4.78, 5) is 0. The van der Waals surface area contributed by atoms with Gasteiger partial charge in [0.2, 0.25) is 0 Å². The standard InChI is InChI=1S/2C8H11NO.H2O/c2*9-6-8(10)7-4-2-1-3-5-7;/h2*1-5,8,10H,6,9H2;1H2/t2*8-;/m00./s1. The quantitative estimate of drug-likeness (QED) is 0.656. The molecule has 8 N–H and O–H groups in total. The van der Waals surface area contributed by atoms with Gasteiger partial charge in [0.15, 0.2) is 0 Å². The van der Waals surface area contributed by atoms with Gasteiger partial charge in [-0.3, -0.25) is 0 Å². The second-order valence-corrected chi connectivity index (χ2v) is 4.32. The number of hydrogen-bond donors (Lipinski definition) is 4. The fourth-order valence-corrected chi connectivity index (χ4v) is 1.62. The molecule has 0 bridgehead atoms. The molecule has 2 aromatic carbocycles. The van der Waals surface area contributed by atoms with Crippen LogP contribution in [0.1, 0.15) is 23.3 Å². The van der Waals surface area contributed by atoms with Crippen LogP contribution in [-0.2, 0) is 0 Å². The monoisotopic (exact) mass is 292 g/mol. The summed E-state index contributed by atoms with van der Waals surface area (Å²) in [6, 6.07) is 18.8. The van der Waals surface area contributed by atoms with Crippen molar-refractivity contribution in [1.82, 2.24) is 0 Å². The predicted molar refractivity (Wildman–Crippen MR) is 84.5 cm³/mol. The second-order valence-electron chi connectivity index (χ2n) is 4.32. The molecule has 0 radical (unpaired) electrons. The molecule has 5 nitrogen and oxygen atoms in total. The van der Waals surface area contributed by atoms with Crippen molar-refractivity contribution in [3.63, 3.8) is 0 Å². The normalized spacial score (nSPS) is 12.4. The maximum Gasteiger partial charge on any atom is 0.0912 e.